The number of amidine groups is 1. The molecule has 0 saturated carbocycles. The molecule has 0 radical (unpaired) electrons. The molecule has 110 valence electrons. The number of rotatable bonds is 3. The van der Waals surface area contributed by atoms with Crippen LogP contribution in [-0.2, 0) is 7.05 Å². The van der Waals surface area contributed by atoms with Crippen LogP contribution in [0.15, 0.2) is 29.6 Å². The van der Waals surface area contributed by atoms with Gasteiger partial charge in [0.05, 0.1) is 16.9 Å². The molecule has 7 nitrogen and oxygen atoms in total. The molecule has 0 atom stereocenters. The number of benzene rings is 1. The van der Waals surface area contributed by atoms with Gasteiger partial charge in [0.15, 0.2) is 5.84 Å². The third-order valence-corrected chi connectivity index (χ3v) is 3.11. The summed E-state index contributed by atoms with van der Waals surface area (Å²) in [6, 6.07) is 4.67. The molecule has 0 saturated heterocycles. The van der Waals surface area contributed by atoms with Gasteiger partial charge in [-0.05, 0) is 25.1 Å². The lowest BCUT2D eigenvalue weighted by Crippen LogP contribution is -2.19. The standard InChI is InChI=1S/C13H14ClN5O2/c1-7-10(6-19(2)17-7)13(20)16-11-5-8(14)3-4-9(11)12(15)18-21/h3-6,21H,1-2H3,(H2,15,18)(H,16,20). The van der Waals surface area contributed by atoms with Crippen LogP contribution < -0.4 is 11.1 Å². The van der Waals surface area contributed by atoms with Gasteiger partial charge < -0.3 is 16.3 Å². The van der Waals surface area contributed by atoms with Gasteiger partial charge in [-0.25, -0.2) is 0 Å². The Bertz CT molecular complexity index is 723. The molecule has 1 aromatic heterocycles. The van der Waals surface area contributed by atoms with Crippen molar-refractivity contribution in [3.05, 3.63) is 46.2 Å². The number of nitrogens with two attached hydrogens (primary N) is 1. The molecule has 0 unspecified atom stereocenters. The Morgan fingerprint density at radius 3 is 2.76 bits per heavy atom. The van der Waals surface area contributed by atoms with Gasteiger partial charge in [-0.3, -0.25) is 9.48 Å². The van der Waals surface area contributed by atoms with Crippen molar-refractivity contribution in [3.63, 3.8) is 0 Å². The molecule has 0 bridgehead atoms. The molecule has 1 amide bonds. The van der Waals surface area contributed by atoms with Crippen LogP contribution in [0.1, 0.15) is 21.6 Å². The number of aryl methyl sites for hydroxylation is 2. The number of hydrogen-bond acceptors (Lipinski definition) is 4. The predicted molar refractivity (Wildman–Crippen MR) is 79.9 cm³/mol. The summed E-state index contributed by atoms with van der Waals surface area (Å²) in [7, 11) is 1.73. The average Bonchev–Trinajstić information content (AvgIpc) is 2.77. The fourth-order valence-corrected chi connectivity index (χ4v) is 2.08. The number of aromatic nitrogens is 2. The van der Waals surface area contributed by atoms with E-state index in [-0.39, 0.29) is 11.7 Å². The summed E-state index contributed by atoms with van der Waals surface area (Å²) >= 11 is 5.92. The first-order chi connectivity index (χ1) is 9.92. The molecular formula is C13H14ClN5O2. The molecule has 0 fully saturated rings. The van der Waals surface area contributed by atoms with Crippen LogP contribution >= 0.6 is 11.6 Å². The van der Waals surface area contributed by atoms with Crippen LogP contribution in [0.2, 0.25) is 5.02 Å². The van der Waals surface area contributed by atoms with Crippen molar-refractivity contribution >= 4 is 29.0 Å². The Labute approximate surface area is 126 Å². The topological polar surface area (TPSA) is 106 Å². The van der Waals surface area contributed by atoms with Gasteiger partial charge in [-0.1, -0.05) is 16.8 Å². The molecule has 2 rings (SSSR count). The van der Waals surface area contributed by atoms with E-state index in [4.69, 9.17) is 22.5 Å². The van der Waals surface area contributed by atoms with Crippen molar-refractivity contribution in [1.29, 1.82) is 0 Å². The summed E-state index contributed by atoms with van der Waals surface area (Å²) < 4.78 is 1.55. The Morgan fingerprint density at radius 2 is 2.19 bits per heavy atom. The molecule has 0 aliphatic rings. The van der Waals surface area contributed by atoms with E-state index >= 15 is 0 Å². The smallest absolute Gasteiger partial charge is 0.259 e. The second-order valence-electron chi connectivity index (χ2n) is 4.43. The van der Waals surface area contributed by atoms with E-state index in [0.717, 1.165) is 0 Å². The summed E-state index contributed by atoms with van der Waals surface area (Å²) in [5, 5.41) is 18.9. The molecule has 8 heteroatoms. The number of anilines is 1. The zero-order valence-electron chi connectivity index (χ0n) is 11.5. The highest BCUT2D eigenvalue weighted by Crippen LogP contribution is 2.22. The number of halogens is 1. The number of carbonyl (C=O) groups is 1. The van der Waals surface area contributed by atoms with Crippen molar-refractivity contribution < 1.29 is 10.0 Å². The predicted octanol–water partition coefficient (Wildman–Crippen LogP) is 1.73. The zero-order valence-corrected chi connectivity index (χ0v) is 12.2. The van der Waals surface area contributed by atoms with Gasteiger partial charge in [0.2, 0.25) is 0 Å². The van der Waals surface area contributed by atoms with E-state index in [2.05, 4.69) is 15.6 Å². The maximum Gasteiger partial charge on any atom is 0.259 e. The molecule has 4 N–H and O–H groups in total. The minimum absolute atomic E-state index is 0.120. The number of carbonyl (C=O) groups excluding carboxylic acids is 1. The molecular weight excluding hydrogens is 294 g/mol. The molecule has 0 aliphatic carbocycles. The Morgan fingerprint density at radius 1 is 1.48 bits per heavy atom. The minimum Gasteiger partial charge on any atom is -0.409 e. The highest BCUT2D eigenvalue weighted by molar-refractivity contribution is 6.31. The first-order valence-electron chi connectivity index (χ1n) is 6.01. The molecule has 0 aliphatic heterocycles. The number of nitrogens with zero attached hydrogens (tertiary/aromatic N) is 3. The van der Waals surface area contributed by atoms with Crippen LogP contribution in [0.25, 0.3) is 0 Å². The molecule has 21 heavy (non-hydrogen) atoms. The van der Waals surface area contributed by atoms with Gasteiger partial charge >= 0.3 is 0 Å². The summed E-state index contributed by atoms with van der Waals surface area (Å²) in [6.45, 7) is 1.73. The average molecular weight is 308 g/mol. The number of nitrogens with one attached hydrogen (secondary N) is 1. The molecule has 0 spiro atoms. The Balaban J connectivity index is 2.37. The molecule has 2 aromatic rings. The maximum atomic E-state index is 12.3. The van der Waals surface area contributed by atoms with Crippen LogP contribution in [0.3, 0.4) is 0 Å². The normalized spacial score (nSPS) is 11.5. The highest BCUT2D eigenvalue weighted by atomic mass is 35.5. The monoisotopic (exact) mass is 307 g/mol. The largest absolute Gasteiger partial charge is 0.409 e. The third kappa shape index (κ3) is 3.14. The van der Waals surface area contributed by atoms with Gasteiger partial charge in [0.1, 0.15) is 0 Å². The number of hydrogen-bond donors (Lipinski definition) is 3. The van der Waals surface area contributed by atoms with Crippen LogP contribution in [0.5, 0.6) is 0 Å². The van der Waals surface area contributed by atoms with Crippen molar-refractivity contribution in [2.75, 3.05) is 5.32 Å². The van der Waals surface area contributed by atoms with E-state index in [1.165, 1.54) is 6.07 Å². The van der Waals surface area contributed by atoms with Crippen molar-refractivity contribution in [2.24, 2.45) is 17.9 Å². The van der Waals surface area contributed by atoms with E-state index < -0.39 is 0 Å². The first kappa shape index (κ1) is 14.9. The summed E-state index contributed by atoms with van der Waals surface area (Å²) in [5.41, 5.74) is 7.34. The highest BCUT2D eigenvalue weighted by Gasteiger charge is 2.16. The maximum absolute atomic E-state index is 12.3. The zero-order chi connectivity index (χ0) is 15.6. The Hall–Kier alpha value is -2.54. The van der Waals surface area contributed by atoms with Crippen molar-refractivity contribution in [1.82, 2.24) is 9.78 Å². The number of oxime groups is 1. The fraction of sp³-hybridized carbons (Fsp3) is 0.154. The second kappa shape index (κ2) is 5.84. The first-order valence-corrected chi connectivity index (χ1v) is 6.39. The Kier molecular flexibility index (Phi) is 4.13. The summed E-state index contributed by atoms with van der Waals surface area (Å²) in [4.78, 5) is 12.3. The van der Waals surface area contributed by atoms with Crippen LogP contribution in [0, 0.1) is 6.92 Å². The van der Waals surface area contributed by atoms with Crippen LogP contribution in [-0.4, -0.2) is 26.7 Å². The molecule has 1 aromatic carbocycles. The van der Waals surface area contributed by atoms with Gasteiger partial charge in [0, 0.05) is 23.8 Å². The lowest BCUT2D eigenvalue weighted by atomic mass is 10.1. The van der Waals surface area contributed by atoms with E-state index in [1.54, 1.807) is 37.0 Å². The SMILES string of the molecule is Cc1nn(C)cc1C(=O)Nc1cc(Cl)ccc1/C(N)=N/O. The second-order valence-corrected chi connectivity index (χ2v) is 4.87. The van der Waals surface area contributed by atoms with Crippen molar-refractivity contribution in [2.45, 2.75) is 6.92 Å². The van der Waals surface area contributed by atoms with Crippen LogP contribution in [0.4, 0.5) is 5.69 Å². The van der Waals surface area contributed by atoms with E-state index in [0.29, 0.717) is 27.5 Å². The van der Waals surface area contributed by atoms with E-state index in [1.807, 2.05) is 0 Å². The summed E-state index contributed by atoms with van der Waals surface area (Å²) in [6.07, 6.45) is 1.61. The van der Waals surface area contributed by atoms with Gasteiger partial charge in [0.25, 0.3) is 5.91 Å². The third-order valence-electron chi connectivity index (χ3n) is 2.87. The minimum atomic E-state index is -0.352. The summed E-state index contributed by atoms with van der Waals surface area (Å²) in [5.74, 6) is -0.472. The quantitative estimate of drug-likeness (QED) is 0.347. The number of amides is 1. The van der Waals surface area contributed by atoms with E-state index in [9.17, 15) is 4.79 Å². The van der Waals surface area contributed by atoms with Gasteiger partial charge in [-0.15, -0.1) is 0 Å². The lowest BCUT2D eigenvalue weighted by Gasteiger charge is -2.10. The van der Waals surface area contributed by atoms with Gasteiger partial charge in [-0.2, -0.15) is 5.10 Å². The van der Waals surface area contributed by atoms with Crippen molar-refractivity contribution in [3.8, 4) is 0 Å². The lowest BCUT2D eigenvalue weighted by molar-refractivity contribution is 0.102. The molecule has 1 heterocycles. The fourth-order valence-electron chi connectivity index (χ4n) is 1.91.